The number of esters is 1. The van der Waals surface area contributed by atoms with Crippen molar-refractivity contribution in [2.45, 2.75) is 71.4 Å². The van der Waals surface area contributed by atoms with Crippen LogP contribution in [0.4, 0.5) is 0 Å². The molecule has 3 atom stereocenters. The molecule has 1 aliphatic carbocycles. The predicted octanol–water partition coefficient (Wildman–Crippen LogP) is 2.82. The largest absolute Gasteiger partial charge is 0.465 e. The molecule has 0 aromatic carbocycles. The summed E-state index contributed by atoms with van der Waals surface area (Å²) in [6, 6.07) is 0.668. The van der Waals surface area contributed by atoms with E-state index in [4.69, 9.17) is 4.74 Å². The maximum atomic E-state index is 12.2. The molecule has 1 aliphatic rings. The van der Waals surface area contributed by atoms with Crippen molar-refractivity contribution in [2.75, 3.05) is 26.7 Å². The minimum Gasteiger partial charge on any atom is -0.465 e. The highest BCUT2D eigenvalue weighted by atomic mass is 16.5. The molecule has 0 heterocycles. The maximum Gasteiger partial charge on any atom is 0.326 e. The standard InChI is InChI=1S/C17H34N2O2/c1-6-18-17(4,16(20)21-7-2)11-12-19(5)15-10-8-9-14(3)13-15/h14-15,18H,6-13H2,1-5H3. The van der Waals surface area contributed by atoms with Crippen molar-refractivity contribution in [1.29, 1.82) is 0 Å². The zero-order chi connectivity index (χ0) is 15.9. The van der Waals surface area contributed by atoms with Gasteiger partial charge < -0.3 is 15.0 Å². The Morgan fingerprint density at radius 2 is 2.10 bits per heavy atom. The van der Waals surface area contributed by atoms with Gasteiger partial charge in [0.05, 0.1) is 6.61 Å². The van der Waals surface area contributed by atoms with Crippen molar-refractivity contribution >= 4 is 5.97 Å². The van der Waals surface area contributed by atoms with Gasteiger partial charge in [-0.25, -0.2) is 0 Å². The van der Waals surface area contributed by atoms with Crippen LogP contribution >= 0.6 is 0 Å². The van der Waals surface area contributed by atoms with Gasteiger partial charge in [-0.2, -0.15) is 0 Å². The molecule has 21 heavy (non-hydrogen) atoms. The SMILES string of the molecule is CCNC(C)(CCN(C)C1CCCC(C)C1)C(=O)OCC. The number of ether oxygens (including phenoxy) is 1. The van der Waals surface area contributed by atoms with E-state index in [0.717, 1.165) is 25.4 Å². The van der Waals surface area contributed by atoms with E-state index in [1.807, 2.05) is 20.8 Å². The molecule has 1 N–H and O–H groups in total. The Morgan fingerprint density at radius 3 is 2.67 bits per heavy atom. The summed E-state index contributed by atoms with van der Waals surface area (Å²) in [5, 5.41) is 3.31. The molecule has 124 valence electrons. The van der Waals surface area contributed by atoms with Gasteiger partial charge in [0.1, 0.15) is 5.54 Å². The number of nitrogens with one attached hydrogen (secondary N) is 1. The normalized spacial score (nSPS) is 25.6. The van der Waals surface area contributed by atoms with Gasteiger partial charge in [-0.05, 0) is 52.6 Å². The molecule has 0 spiro atoms. The lowest BCUT2D eigenvalue weighted by atomic mass is 9.86. The highest BCUT2D eigenvalue weighted by Crippen LogP contribution is 2.27. The second-order valence-corrected chi connectivity index (χ2v) is 6.74. The number of carbonyl (C=O) groups is 1. The Bertz CT molecular complexity index is 322. The quantitative estimate of drug-likeness (QED) is 0.700. The molecule has 0 amide bonds. The number of hydrogen-bond donors (Lipinski definition) is 1. The van der Waals surface area contributed by atoms with E-state index in [0.29, 0.717) is 12.6 Å². The summed E-state index contributed by atoms with van der Waals surface area (Å²) >= 11 is 0. The molecule has 0 aliphatic heterocycles. The fourth-order valence-electron chi connectivity index (χ4n) is 3.33. The maximum absolute atomic E-state index is 12.2. The molecule has 0 bridgehead atoms. The summed E-state index contributed by atoms with van der Waals surface area (Å²) in [5.74, 6) is 0.702. The van der Waals surface area contributed by atoms with E-state index in [2.05, 4.69) is 24.2 Å². The summed E-state index contributed by atoms with van der Waals surface area (Å²) in [6.07, 6.45) is 6.06. The van der Waals surface area contributed by atoms with Gasteiger partial charge >= 0.3 is 5.97 Å². The molecule has 1 rings (SSSR count). The Hall–Kier alpha value is -0.610. The third kappa shape index (κ3) is 5.59. The van der Waals surface area contributed by atoms with Crippen molar-refractivity contribution in [2.24, 2.45) is 5.92 Å². The monoisotopic (exact) mass is 298 g/mol. The molecule has 4 heteroatoms. The van der Waals surface area contributed by atoms with Crippen LogP contribution in [-0.2, 0) is 9.53 Å². The van der Waals surface area contributed by atoms with Gasteiger partial charge in [-0.3, -0.25) is 4.79 Å². The molecule has 0 radical (unpaired) electrons. The minimum absolute atomic E-state index is 0.128. The van der Waals surface area contributed by atoms with Gasteiger partial charge in [0.25, 0.3) is 0 Å². The van der Waals surface area contributed by atoms with Crippen LogP contribution in [0.3, 0.4) is 0 Å². The Kier molecular flexibility index (Phi) is 7.67. The molecule has 1 saturated carbocycles. The second kappa shape index (κ2) is 8.74. The number of likely N-dealkylation sites (N-methyl/N-ethyl adjacent to an activating group) is 1. The third-order valence-corrected chi connectivity index (χ3v) is 4.79. The van der Waals surface area contributed by atoms with Crippen LogP contribution in [0.15, 0.2) is 0 Å². The summed E-state index contributed by atoms with van der Waals surface area (Å²) in [6.45, 7) is 10.4. The van der Waals surface area contributed by atoms with Gasteiger partial charge in [0.15, 0.2) is 0 Å². The van der Waals surface area contributed by atoms with E-state index >= 15 is 0 Å². The van der Waals surface area contributed by atoms with E-state index in [-0.39, 0.29) is 5.97 Å². The molecular formula is C17H34N2O2. The lowest BCUT2D eigenvalue weighted by Crippen LogP contribution is -2.52. The first-order chi connectivity index (χ1) is 9.92. The lowest BCUT2D eigenvalue weighted by Gasteiger charge is -2.36. The number of rotatable bonds is 8. The van der Waals surface area contributed by atoms with Crippen LogP contribution in [0, 0.1) is 5.92 Å². The fraction of sp³-hybridized carbons (Fsp3) is 0.941. The average Bonchev–Trinajstić information content (AvgIpc) is 2.45. The van der Waals surface area contributed by atoms with Crippen molar-refractivity contribution < 1.29 is 9.53 Å². The van der Waals surface area contributed by atoms with E-state index < -0.39 is 5.54 Å². The van der Waals surface area contributed by atoms with Crippen LogP contribution in [0.5, 0.6) is 0 Å². The molecular weight excluding hydrogens is 264 g/mol. The van der Waals surface area contributed by atoms with Crippen LogP contribution in [0.25, 0.3) is 0 Å². The Labute approximate surface area is 130 Å². The first-order valence-electron chi connectivity index (χ1n) is 8.55. The first-order valence-corrected chi connectivity index (χ1v) is 8.55. The van der Waals surface area contributed by atoms with Crippen molar-refractivity contribution in [1.82, 2.24) is 10.2 Å². The van der Waals surface area contributed by atoms with Crippen LogP contribution in [0.1, 0.15) is 59.8 Å². The highest BCUT2D eigenvalue weighted by molar-refractivity contribution is 5.80. The summed E-state index contributed by atoms with van der Waals surface area (Å²) in [7, 11) is 2.19. The zero-order valence-electron chi connectivity index (χ0n) is 14.6. The van der Waals surface area contributed by atoms with Gasteiger partial charge in [-0.15, -0.1) is 0 Å². The number of hydrogen-bond acceptors (Lipinski definition) is 4. The molecule has 3 unspecified atom stereocenters. The second-order valence-electron chi connectivity index (χ2n) is 6.74. The first kappa shape index (κ1) is 18.4. The van der Waals surface area contributed by atoms with Crippen molar-refractivity contribution in [3.8, 4) is 0 Å². The number of carbonyl (C=O) groups excluding carboxylic acids is 1. The molecule has 1 fully saturated rings. The van der Waals surface area contributed by atoms with Crippen LogP contribution in [0.2, 0.25) is 0 Å². The average molecular weight is 298 g/mol. The fourth-order valence-corrected chi connectivity index (χ4v) is 3.33. The predicted molar refractivity (Wildman–Crippen MR) is 87.4 cm³/mol. The van der Waals surface area contributed by atoms with Gasteiger partial charge in [0.2, 0.25) is 0 Å². The summed E-state index contributed by atoms with van der Waals surface area (Å²) < 4.78 is 5.23. The smallest absolute Gasteiger partial charge is 0.326 e. The topological polar surface area (TPSA) is 41.6 Å². The van der Waals surface area contributed by atoms with E-state index in [1.165, 1.54) is 25.7 Å². The van der Waals surface area contributed by atoms with Gasteiger partial charge in [-0.1, -0.05) is 26.7 Å². The zero-order valence-corrected chi connectivity index (χ0v) is 14.6. The third-order valence-electron chi connectivity index (χ3n) is 4.79. The summed E-state index contributed by atoms with van der Waals surface area (Å²) in [5.41, 5.74) is -0.570. The Morgan fingerprint density at radius 1 is 1.38 bits per heavy atom. The molecule has 0 aromatic heterocycles. The van der Waals surface area contributed by atoms with Gasteiger partial charge in [0, 0.05) is 12.6 Å². The minimum atomic E-state index is -0.570. The van der Waals surface area contributed by atoms with E-state index in [1.54, 1.807) is 0 Å². The van der Waals surface area contributed by atoms with E-state index in [9.17, 15) is 4.79 Å². The van der Waals surface area contributed by atoms with Crippen LogP contribution < -0.4 is 5.32 Å². The van der Waals surface area contributed by atoms with Crippen LogP contribution in [-0.4, -0.2) is 49.2 Å². The Balaban J connectivity index is 2.53. The number of nitrogens with zero attached hydrogens (tertiary/aromatic N) is 1. The molecule has 0 aromatic rings. The molecule has 0 saturated heterocycles. The highest BCUT2D eigenvalue weighted by Gasteiger charge is 2.34. The van der Waals surface area contributed by atoms with Crippen molar-refractivity contribution in [3.05, 3.63) is 0 Å². The lowest BCUT2D eigenvalue weighted by molar-refractivity contribution is -0.151. The molecule has 4 nitrogen and oxygen atoms in total. The van der Waals surface area contributed by atoms with Crippen molar-refractivity contribution in [3.63, 3.8) is 0 Å². The summed E-state index contributed by atoms with van der Waals surface area (Å²) in [4.78, 5) is 14.6.